The molecule has 0 aliphatic rings. The van der Waals surface area contributed by atoms with Crippen LogP contribution >= 0.6 is 0 Å². The third kappa shape index (κ3) is 43.7. The molecular formula is C56H97NO5. The van der Waals surface area contributed by atoms with Crippen molar-refractivity contribution in [2.24, 2.45) is 0 Å². The smallest absolute Gasteiger partial charge is 0.306 e. The monoisotopic (exact) mass is 864 g/mol. The summed E-state index contributed by atoms with van der Waals surface area (Å²) in [6.07, 6.45) is 63.5. The Labute approximate surface area is 383 Å². The molecule has 3 N–H and O–H groups in total. The number of hydrogen-bond acceptors (Lipinski definition) is 5. The molecule has 0 heterocycles. The molecule has 0 bridgehead atoms. The molecule has 0 aliphatic carbocycles. The third-order valence-electron chi connectivity index (χ3n) is 11.4. The summed E-state index contributed by atoms with van der Waals surface area (Å²) in [7, 11) is 0. The number of carbonyl (C=O) groups excluding carboxylic acids is 2. The van der Waals surface area contributed by atoms with Crippen LogP contribution < -0.4 is 5.32 Å². The number of amides is 1. The summed E-state index contributed by atoms with van der Waals surface area (Å²) in [4.78, 5) is 26.1. The molecule has 62 heavy (non-hydrogen) atoms. The second-order valence-electron chi connectivity index (χ2n) is 17.3. The van der Waals surface area contributed by atoms with Gasteiger partial charge in [0.15, 0.2) is 0 Å². The molecular weight excluding hydrogens is 767 g/mol. The highest BCUT2D eigenvalue weighted by atomic mass is 16.5. The van der Waals surface area contributed by atoms with Gasteiger partial charge in [0, 0.05) is 6.42 Å². The molecule has 1 amide bonds. The number of hydrogen-bond donors (Lipinski definition) is 3. The zero-order valence-corrected chi connectivity index (χ0v) is 40.5. The van der Waals surface area contributed by atoms with Crippen molar-refractivity contribution in [1.29, 1.82) is 0 Å². The average molecular weight is 864 g/mol. The summed E-state index contributed by atoms with van der Waals surface area (Å²) in [5.74, 6) is -0.557. The Balaban J connectivity index is 4.73. The minimum absolute atomic E-state index is 0.0216. The molecule has 0 aromatic carbocycles. The van der Waals surface area contributed by atoms with E-state index in [4.69, 9.17) is 4.74 Å². The van der Waals surface area contributed by atoms with Crippen LogP contribution in [-0.4, -0.2) is 46.9 Å². The maximum atomic E-state index is 13.2. The number of nitrogens with one attached hydrogen (secondary N) is 1. The lowest BCUT2D eigenvalue weighted by Gasteiger charge is -2.24. The second kappa shape index (κ2) is 49.1. The number of ether oxygens (including phenoxy) is 1. The number of rotatable bonds is 45. The summed E-state index contributed by atoms with van der Waals surface area (Å²) in [5, 5.41) is 23.7. The van der Waals surface area contributed by atoms with E-state index in [0.717, 1.165) is 57.8 Å². The molecule has 3 unspecified atom stereocenters. The molecule has 0 aromatic heterocycles. The van der Waals surface area contributed by atoms with Gasteiger partial charge in [-0.15, -0.1) is 0 Å². The van der Waals surface area contributed by atoms with Crippen LogP contribution in [0.15, 0.2) is 85.1 Å². The van der Waals surface area contributed by atoms with E-state index in [0.29, 0.717) is 19.3 Å². The fourth-order valence-electron chi connectivity index (χ4n) is 7.46. The normalized spacial score (nSPS) is 14.0. The van der Waals surface area contributed by atoms with Crippen LogP contribution in [0.2, 0.25) is 0 Å². The Hall–Kier alpha value is -2.96. The maximum absolute atomic E-state index is 13.2. The van der Waals surface area contributed by atoms with Gasteiger partial charge in [0.1, 0.15) is 6.10 Å². The van der Waals surface area contributed by atoms with Gasteiger partial charge < -0.3 is 20.3 Å². The number of aliphatic hydroxyl groups is 2. The van der Waals surface area contributed by atoms with Crippen molar-refractivity contribution < 1.29 is 24.5 Å². The summed E-state index contributed by atoms with van der Waals surface area (Å²) < 4.78 is 5.89. The van der Waals surface area contributed by atoms with Crippen molar-refractivity contribution in [2.45, 2.75) is 251 Å². The summed E-state index contributed by atoms with van der Waals surface area (Å²) in [6, 6.07) is -0.730. The number of aliphatic hydroxyl groups excluding tert-OH is 2. The number of allylic oxidation sites excluding steroid dienone is 14. The van der Waals surface area contributed by atoms with Crippen molar-refractivity contribution in [3.8, 4) is 0 Å². The standard InChI is InChI=1S/C56H97NO5/c1-4-7-10-13-16-19-22-25-27-30-32-35-38-41-44-47-52(62-56(61)49-46-43-40-37-34-31-28-26-23-20-17-14-11-8-5-2)50-55(60)57-53(51-58)54(59)48-45-42-39-36-33-29-24-21-18-15-12-9-6-3/h7,10,13,16,19-20,22-23,25,27,30,32,35,38,52-54,58-59H,4-6,8-9,11-12,14-15,17-18,21,24,26,28-29,31,33-34,36-37,39-51H2,1-3H3,(H,57,60)/b10-7-,16-13+,22-19+,23-20-,27-25-,32-30+,38-35+. The van der Waals surface area contributed by atoms with Crippen molar-refractivity contribution in [3.05, 3.63) is 85.1 Å². The Bertz CT molecular complexity index is 1200. The van der Waals surface area contributed by atoms with E-state index in [1.165, 1.54) is 128 Å². The molecule has 0 fully saturated rings. The average Bonchev–Trinajstić information content (AvgIpc) is 3.26. The van der Waals surface area contributed by atoms with Crippen LogP contribution in [0.25, 0.3) is 0 Å². The van der Waals surface area contributed by atoms with E-state index < -0.39 is 18.2 Å². The van der Waals surface area contributed by atoms with E-state index >= 15 is 0 Å². The predicted octanol–water partition coefficient (Wildman–Crippen LogP) is 15.6. The first-order valence-corrected chi connectivity index (χ1v) is 25.9. The number of esters is 1. The first kappa shape index (κ1) is 59.0. The van der Waals surface area contributed by atoms with Gasteiger partial charge in [-0.1, -0.05) is 241 Å². The lowest BCUT2D eigenvalue weighted by atomic mass is 10.0. The third-order valence-corrected chi connectivity index (χ3v) is 11.4. The van der Waals surface area contributed by atoms with Gasteiger partial charge in [-0.25, -0.2) is 0 Å². The highest BCUT2D eigenvalue weighted by Crippen LogP contribution is 2.17. The molecule has 0 aromatic rings. The Morgan fingerprint density at radius 1 is 0.484 bits per heavy atom. The van der Waals surface area contributed by atoms with Gasteiger partial charge >= 0.3 is 5.97 Å². The first-order chi connectivity index (χ1) is 30.5. The van der Waals surface area contributed by atoms with Crippen LogP contribution in [0.5, 0.6) is 0 Å². The summed E-state index contributed by atoms with van der Waals surface area (Å²) in [6.45, 7) is 6.30. The molecule has 0 saturated carbocycles. The van der Waals surface area contributed by atoms with E-state index in [1.807, 2.05) is 60.8 Å². The van der Waals surface area contributed by atoms with E-state index in [2.05, 4.69) is 50.4 Å². The topological polar surface area (TPSA) is 95.9 Å². The van der Waals surface area contributed by atoms with Crippen molar-refractivity contribution in [3.63, 3.8) is 0 Å². The Morgan fingerprint density at radius 2 is 0.903 bits per heavy atom. The largest absolute Gasteiger partial charge is 0.462 e. The highest BCUT2D eigenvalue weighted by Gasteiger charge is 2.24. The zero-order valence-electron chi connectivity index (χ0n) is 40.5. The number of unbranched alkanes of at least 4 members (excludes halogenated alkanes) is 24. The van der Waals surface area contributed by atoms with E-state index in [-0.39, 0.29) is 24.9 Å². The van der Waals surface area contributed by atoms with Gasteiger partial charge in [-0.05, 0) is 64.2 Å². The van der Waals surface area contributed by atoms with Crippen LogP contribution in [0.3, 0.4) is 0 Å². The second-order valence-corrected chi connectivity index (χ2v) is 17.3. The fourth-order valence-corrected chi connectivity index (χ4v) is 7.46. The zero-order chi connectivity index (χ0) is 45.2. The molecule has 3 atom stereocenters. The fraction of sp³-hybridized carbons (Fsp3) is 0.714. The summed E-state index contributed by atoms with van der Waals surface area (Å²) in [5.41, 5.74) is 0. The van der Waals surface area contributed by atoms with Crippen LogP contribution in [-0.2, 0) is 14.3 Å². The SMILES string of the molecule is CC\C=C/C=C/C=C/C=C\C=C\C=C\CCCC(CC(=O)NC(CO)C(O)CCCCCCCCCCCCCCC)OC(=O)CCCCCCCCC/C=C\CCCCCC. The molecule has 0 spiro atoms. The highest BCUT2D eigenvalue weighted by molar-refractivity contribution is 5.77. The van der Waals surface area contributed by atoms with Gasteiger partial charge in [0.2, 0.25) is 5.91 Å². The minimum Gasteiger partial charge on any atom is -0.462 e. The van der Waals surface area contributed by atoms with Gasteiger partial charge in [0.25, 0.3) is 0 Å². The van der Waals surface area contributed by atoms with Crippen LogP contribution in [0.4, 0.5) is 0 Å². The summed E-state index contributed by atoms with van der Waals surface area (Å²) >= 11 is 0. The lowest BCUT2D eigenvalue weighted by Crippen LogP contribution is -2.46. The Kier molecular flexibility index (Phi) is 46.7. The quantitative estimate of drug-likeness (QED) is 0.0245. The van der Waals surface area contributed by atoms with Crippen molar-refractivity contribution in [1.82, 2.24) is 5.32 Å². The Morgan fingerprint density at radius 3 is 1.40 bits per heavy atom. The molecule has 0 aliphatic heterocycles. The molecule has 0 rings (SSSR count). The minimum atomic E-state index is -0.812. The molecule has 0 radical (unpaired) electrons. The lowest BCUT2D eigenvalue weighted by molar-refractivity contribution is -0.151. The van der Waals surface area contributed by atoms with Crippen LogP contribution in [0.1, 0.15) is 233 Å². The molecule has 6 nitrogen and oxygen atoms in total. The molecule has 356 valence electrons. The van der Waals surface area contributed by atoms with Gasteiger partial charge in [-0.3, -0.25) is 9.59 Å². The molecule has 0 saturated heterocycles. The van der Waals surface area contributed by atoms with E-state index in [1.54, 1.807) is 0 Å². The van der Waals surface area contributed by atoms with Gasteiger partial charge in [-0.2, -0.15) is 0 Å². The van der Waals surface area contributed by atoms with Crippen molar-refractivity contribution >= 4 is 11.9 Å². The van der Waals surface area contributed by atoms with E-state index in [9.17, 15) is 19.8 Å². The van der Waals surface area contributed by atoms with Crippen molar-refractivity contribution in [2.75, 3.05) is 6.61 Å². The van der Waals surface area contributed by atoms with Gasteiger partial charge in [0.05, 0.1) is 25.2 Å². The number of carbonyl (C=O) groups is 2. The first-order valence-electron chi connectivity index (χ1n) is 25.9. The van der Waals surface area contributed by atoms with Crippen LogP contribution in [0, 0.1) is 0 Å². The maximum Gasteiger partial charge on any atom is 0.306 e. The molecule has 6 heteroatoms. The predicted molar refractivity (Wildman–Crippen MR) is 268 cm³/mol.